The van der Waals surface area contributed by atoms with E-state index in [1.54, 1.807) is 0 Å². The average Bonchev–Trinajstić information content (AvgIpc) is 2.99. The van der Waals surface area contributed by atoms with Gasteiger partial charge in [0.15, 0.2) is 0 Å². The van der Waals surface area contributed by atoms with Crippen molar-refractivity contribution < 1.29 is 14.3 Å². The lowest BCUT2D eigenvalue weighted by atomic mass is 10.00. The fourth-order valence-electron chi connectivity index (χ4n) is 2.64. The fraction of sp³-hybridized carbons (Fsp3) is 0.263. The summed E-state index contributed by atoms with van der Waals surface area (Å²) in [6, 6.07) is 13.2. The van der Waals surface area contributed by atoms with Crippen LogP contribution in [0.4, 0.5) is 0 Å². The van der Waals surface area contributed by atoms with Gasteiger partial charge >= 0.3 is 0 Å². The molecule has 0 saturated carbocycles. The van der Waals surface area contributed by atoms with Crippen LogP contribution in [0.25, 0.3) is 10.2 Å². The number of ether oxygens (including phenoxy) is 2. The highest BCUT2D eigenvalue weighted by molar-refractivity contribution is 7.20. The van der Waals surface area contributed by atoms with Crippen molar-refractivity contribution in [2.24, 2.45) is 0 Å². The maximum atomic E-state index is 12.2. The molecule has 0 aliphatic carbocycles. The van der Waals surface area contributed by atoms with Gasteiger partial charge in [-0.1, -0.05) is 35.1 Å². The predicted octanol–water partition coefficient (Wildman–Crippen LogP) is 4.36. The molecule has 7 heteroatoms. The van der Waals surface area contributed by atoms with Gasteiger partial charge in [0, 0.05) is 5.02 Å². The van der Waals surface area contributed by atoms with Crippen molar-refractivity contribution in [3.05, 3.63) is 53.1 Å². The van der Waals surface area contributed by atoms with Gasteiger partial charge in [-0.3, -0.25) is 4.79 Å². The van der Waals surface area contributed by atoms with Crippen molar-refractivity contribution in [1.82, 2.24) is 10.3 Å². The largest absolute Gasteiger partial charge is 0.431 e. The Kier molecular flexibility index (Phi) is 4.80. The van der Waals surface area contributed by atoms with Crippen LogP contribution in [0, 0.1) is 0 Å². The number of halogens is 1. The summed E-state index contributed by atoms with van der Waals surface area (Å²) in [6.07, 6.45) is 0. The molecule has 1 aliphatic rings. The maximum absolute atomic E-state index is 12.2. The van der Waals surface area contributed by atoms with Crippen molar-refractivity contribution in [1.29, 1.82) is 0 Å². The first kappa shape index (κ1) is 17.3. The van der Waals surface area contributed by atoms with Gasteiger partial charge in [0.05, 0.1) is 35.4 Å². The second-order valence-corrected chi connectivity index (χ2v) is 7.66. The molecule has 1 N–H and O–H groups in total. The lowest BCUT2D eigenvalue weighted by molar-refractivity contribution is -0.126. The first-order valence-electron chi connectivity index (χ1n) is 8.30. The molecule has 0 bridgehead atoms. The average molecular weight is 389 g/mol. The predicted molar refractivity (Wildman–Crippen MR) is 102 cm³/mol. The molecule has 1 unspecified atom stereocenters. The number of aromatic nitrogens is 1. The van der Waals surface area contributed by atoms with E-state index in [2.05, 4.69) is 10.3 Å². The van der Waals surface area contributed by atoms with E-state index in [-0.39, 0.29) is 17.9 Å². The summed E-state index contributed by atoms with van der Waals surface area (Å²) in [4.78, 5) is 16.7. The molecular formula is C19H17ClN2O3S. The molecule has 134 valence electrons. The third-order valence-electron chi connectivity index (χ3n) is 4.29. The first-order valence-corrected chi connectivity index (χ1v) is 9.50. The van der Waals surface area contributed by atoms with E-state index in [1.807, 2.05) is 49.4 Å². The van der Waals surface area contributed by atoms with Crippen LogP contribution < -0.4 is 10.1 Å². The van der Waals surface area contributed by atoms with Gasteiger partial charge in [0.2, 0.25) is 5.91 Å². The molecule has 3 aromatic rings. The summed E-state index contributed by atoms with van der Waals surface area (Å²) in [5, 5.41) is 4.21. The smallest absolute Gasteiger partial charge is 0.279 e. The van der Waals surface area contributed by atoms with Crippen LogP contribution in [0.1, 0.15) is 18.4 Å². The Morgan fingerprint density at radius 3 is 2.77 bits per heavy atom. The van der Waals surface area contributed by atoms with Crippen molar-refractivity contribution in [3.63, 3.8) is 0 Å². The molecule has 1 aliphatic heterocycles. The Bertz CT molecular complexity index is 938. The third-order valence-corrected chi connectivity index (χ3v) is 5.43. The quantitative estimate of drug-likeness (QED) is 0.705. The maximum Gasteiger partial charge on any atom is 0.279 e. The van der Waals surface area contributed by atoms with E-state index in [0.29, 0.717) is 29.2 Å². The minimum Gasteiger partial charge on any atom is -0.431 e. The highest BCUT2D eigenvalue weighted by Crippen LogP contribution is 2.33. The Morgan fingerprint density at radius 2 is 2.08 bits per heavy atom. The summed E-state index contributed by atoms with van der Waals surface area (Å²) in [7, 11) is 0. The highest BCUT2D eigenvalue weighted by Gasteiger charge is 2.24. The summed E-state index contributed by atoms with van der Waals surface area (Å²) in [5.74, 6) is 0.461. The number of benzene rings is 2. The number of amides is 1. The normalized spacial score (nSPS) is 15.5. The monoisotopic (exact) mass is 388 g/mol. The number of hydrogen-bond donors (Lipinski definition) is 1. The topological polar surface area (TPSA) is 60.5 Å². The lowest BCUT2D eigenvalue weighted by Gasteiger charge is -2.28. The van der Waals surface area contributed by atoms with E-state index in [1.165, 1.54) is 11.3 Å². The number of nitrogens with zero attached hydrogens (tertiary/aromatic N) is 1. The molecule has 26 heavy (non-hydrogen) atoms. The van der Waals surface area contributed by atoms with Gasteiger partial charge in [-0.15, -0.1) is 0 Å². The van der Waals surface area contributed by atoms with Gasteiger partial charge < -0.3 is 14.8 Å². The van der Waals surface area contributed by atoms with Gasteiger partial charge in [0.25, 0.3) is 5.19 Å². The summed E-state index contributed by atoms with van der Waals surface area (Å²) < 4.78 is 11.9. The molecule has 2 heterocycles. The number of thiazole rings is 1. The van der Waals surface area contributed by atoms with E-state index in [0.717, 1.165) is 15.8 Å². The first-order chi connectivity index (χ1) is 12.6. The molecule has 1 aromatic heterocycles. The van der Waals surface area contributed by atoms with Crippen LogP contribution in [0.3, 0.4) is 0 Å². The number of fused-ring (bicyclic) bond motifs is 1. The van der Waals surface area contributed by atoms with E-state index in [4.69, 9.17) is 21.1 Å². The van der Waals surface area contributed by atoms with E-state index >= 15 is 0 Å². The molecular weight excluding hydrogens is 372 g/mol. The van der Waals surface area contributed by atoms with Crippen molar-refractivity contribution in [2.45, 2.75) is 18.9 Å². The lowest BCUT2D eigenvalue weighted by Crippen LogP contribution is -2.49. The zero-order valence-electron chi connectivity index (χ0n) is 14.1. The van der Waals surface area contributed by atoms with Crippen LogP contribution in [0.2, 0.25) is 5.02 Å². The zero-order chi connectivity index (χ0) is 18.1. The summed E-state index contributed by atoms with van der Waals surface area (Å²) in [5.41, 5.74) is 1.79. The molecule has 1 amide bonds. The third kappa shape index (κ3) is 3.67. The Balaban J connectivity index is 1.43. The molecule has 1 saturated heterocycles. The van der Waals surface area contributed by atoms with E-state index < -0.39 is 0 Å². The number of carbonyl (C=O) groups excluding carboxylic acids is 1. The minimum absolute atomic E-state index is 0.00928. The number of nitrogens with one attached hydrogen (secondary N) is 1. The second-order valence-electron chi connectivity index (χ2n) is 6.23. The SMILES string of the molecule is CC(C(=O)NC1COC1)c1ccc(Oc2nc3ccc(Cl)cc3s2)cc1. The molecule has 2 aromatic carbocycles. The summed E-state index contributed by atoms with van der Waals surface area (Å²) >= 11 is 7.45. The Hall–Kier alpha value is -2.15. The molecule has 1 fully saturated rings. The van der Waals surface area contributed by atoms with Crippen molar-refractivity contribution in [2.75, 3.05) is 13.2 Å². The highest BCUT2D eigenvalue weighted by atomic mass is 35.5. The van der Waals surface area contributed by atoms with E-state index in [9.17, 15) is 4.79 Å². The van der Waals surface area contributed by atoms with Crippen LogP contribution in [0.15, 0.2) is 42.5 Å². The van der Waals surface area contributed by atoms with Crippen LogP contribution in [0.5, 0.6) is 10.9 Å². The van der Waals surface area contributed by atoms with Gasteiger partial charge in [-0.25, -0.2) is 4.98 Å². The van der Waals surface area contributed by atoms with Crippen molar-refractivity contribution in [3.8, 4) is 10.9 Å². The molecule has 4 rings (SSSR count). The fourth-order valence-corrected chi connectivity index (χ4v) is 3.75. The van der Waals surface area contributed by atoms with Crippen LogP contribution in [-0.4, -0.2) is 30.1 Å². The molecule has 0 spiro atoms. The van der Waals surface area contributed by atoms with Gasteiger partial charge in [0.1, 0.15) is 5.75 Å². The Morgan fingerprint density at radius 1 is 1.31 bits per heavy atom. The van der Waals surface area contributed by atoms with Crippen molar-refractivity contribution >= 4 is 39.1 Å². The number of hydrogen-bond acceptors (Lipinski definition) is 5. The number of carbonyl (C=O) groups is 1. The van der Waals surface area contributed by atoms with Gasteiger partial charge in [-0.2, -0.15) is 0 Å². The molecule has 1 atom stereocenters. The second kappa shape index (κ2) is 7.23. The Labute approximate surface area is 159 Å². The van der Waals surface area contributed by atoms with Crippen LogP contribution in [-0.2, 0) is 9.53 Å². The van der Waals surface area contributed by atoms with Gasteiger partial charge in [-0.05, 0) is 42.8 Å². The van der Waals surface area contributed by atoms with Crippen LogP contribution >= 0.6 is 22.9 Å². The zero-order valence-corrected chi connectivity index (χ0v) is 15.6. The standard InChI is InChI=1S/C19H17ClN2O3S/c1-11(18(23)21-14-9-24-10-14)12-2-5-15(6-3-12)25-19-22-16-7-4-13(20)8-17(16)26-19/h2-8,11,14H,9-10H2,1H3,(H,21,23). The minimum atomic E-state index is -0.228. The number of rotatable bonds is 5. The molecule has 5 nitrogen and oxygen atoms in total. The summed E-state index contributed by atoms with van der Waals surface area (Å²) in [6.45, 7) is 3.08. The molecule has 0 radical (unpaired) electrons.